The first-order valence-electron chi connectivity index (χ1n) is 8.65. The maximum absolute atomic E-state index is 8.81. The summed E-state index contributed by atoms with van der Waals surface area (Å²) in [6, 6.07) is 14.3. The number of rotatable bonds is 5. The van der Waals surface area contributed by atoms with Crippen LogP contribution < -0.4 is 16.4 Å². The Labute approximate surface area is 156 Å². The number of nitrogens with one attached hydrogen (secondary N) is 2. The number of hydrogen-bond acceptors (Lipinski definition) is 8. The topological polar surface area (TPSA) is 125 Å². The number of hydrogen-bond donors (Lipinski definition) is 3. The van der Waals surface area contributed by atoms with Gasteiger partial charge in [0.05, 0.1) is 18.1 Å². The average molecular weight is 358 g/mol. The zero-order valence-electron chi connectivity index (χ0n) is 14.5. The van der Waals surface area contributed by atoms with E-state index in [0.29, 0.717) is 17.7 Å². The van der Waals surface area contributed by atoms with Crippen molar-refractivity contribution < 1.29 is 0 Å². The van der Waals surface area contributed by atoms with Crippen LogP contribution in [0.3, 0.4) is 0 Å². The second kappa shape index (κ2) is 7.35. The Hall–Kier alpha value is -3.57. The fraction of sp³-hybridized carbons (Fsp3) is 0.211. The van der Waals surface area contributed by atoms with Crippen LogP contribution >= 0.6 is 0 Å². The molecule has 0 amide bonds. The van der Waals surface area contributed by atoms with Crippen molar-refractivity contribution in [3.63, 3.8) is 0 Å². The average Bonchev–Trinajstić information content (AvgIpc) is 2.68. The van der Waals surface area contributed by atoms with E-state index in [0.717, 1.165) is 29.8 Å². The van der Waals surface area contributed by atoms with Crippen molar-refractivity contribution in [2.45, 2.75) is 24.9 Å². The van der Waals surface area contributed by atoms with Crippen molar-refractivity contribution in [2.75, 3.05) is 10.6 Å². The van der Waals surface area contributed by atoms with Gasteiger partial charge in [0, 0.05) is 23.7 Å². The monoisotopic (exact) mass is 358 g/mol. The minimum atomic E-state index is 0.254. The molecule has 1 aliphatic carbocycles. The molecule has 0 saturated heterocycles. The third kappa shape index (κ3) is 3.83. The standard InChI is InChI=1S/C19H18N8/c20-9-15-10-23-18(11-22-15)25-17-8-16(24-14-6-13(21)7-14)19(27-26-17)12-4-2-1-3-5-12/h1-5,8,10-11,13-14H,6-7,21H2,(H2,23,24,25,26). The first-order chi connectivity index (χ1) is 13.2. The predicted molar refractivity (Wildman–Crippen MR) is 102 cm³/mol. The number of aromatic nitrogens is 4. The fourth-order valence-electron chi connectivity index (χ4n) is 2.95. The number of nitrogens with two attached hydrogens (primary N) is 1. The van der Waals surface area contributed by atoms with E-state index in [1.54, 1.807) is 0 Å². The van der Waals surface area contributed by atoms with Crippen LogP contribution in [-0.2, 0) is 0 Å². The smallest absolute Gasteiger partial charge is 0.158 e. The van der Waals surface area contributed by atoms with Crippen molar-refractivity contribution in [2.24, 2.45) is 5.73 Å². The van der Waals surface area contributed by atoms with Gasteiger partial charge in [0.1, 0.15) is 17.6 Å². The molecular formula is C19H18N8. The highest BCUT2D eigenvalue weighted by atomic mass is 15.2. The van der Waals surface area contributed by atoms with Crippen LogP contribution in [0.25, 0.3) is 11.3 Å². The van der Waals surface area contributed by atoms with E-state index in [4.69, 9.17) is 11.0 Å². The van der Waals surface area contributed by atoms with Crippen LogP contribution in [0.1, 0.15) is 18.5 Å². The van der Waals surface area contributed by atoms with Gasteiger partial charge in [-0.15, -0.1) is 10.2 Å². The molecule has 0 unspecified atom stereocenters. The number of nitrogens with zero attached hydrogens (tertiary/aromatic N) is 5. The molecule has 1 aromatic carbocycles. The molecule has 3 aromatic rings. The van der Waals surface area contributed by atoms with E-state index in [1.807, 2.05) is 42.5 Å². The van der Waals surface area contributed by atoms with E-state index < -0.39 is 0 Å². The Morgan fingerprint density at radius 2 is 1.85 bits per heavy atom. The van der Waals surface area contributed by atoms with Gasteiger partial charge in [-0.1, -0.05) is 30.3 Å². The molecule has 0 aliphatic heterocycles. The van der Waals surface area contributed by atoms with Gasteiger partial charge in [0.15, 0.2) is 11.5 Å². The van der Waals surface area contributed by atoms with Crippen molar-refractivity contribution in [3.8, 4) is 17.3 Å². The van der Waals surface area contributed by atoms with Gasteiger partial charge >= 0.3 is 0 Å². The van der Waals surface area contributed by atoms with E-state index in [1.165, 1.54) is 12.4 Å². The molecule has 2 heterocycles. The molecule has 0 spiro atoms. The zero-order chi connectivity index (χ0) is 18.6. The molecule has 134 valence electrons. The molecule has 8 heteroatoms. The molecule has 1 saturated carbocycles. The van der Waals surface area contributed by atoms with Crippen LogP contribution in [0.15, 0.2) is 48.8 Å². The number of benzene rings is 1. The summed E-state index contributed by atoms with van der Waals surface area (Å²) in [6.45, 7) is 0. The fourth-order valence-corrected chi connectivity index (χ4v) is 2.95. The lowest BCUT2D eigenvalue weighted by Gasteiger charge is -2.34. The van der Waals surface area contributed by atoms with Crippen molar-refractivity contribution in [1.82, 2.24) is 20.2 Å². The Bertz CT molecular complexity index is 959. The molecule has 1 aliphatic rings. The second-order valence-corrected chi connectivity index (χ2v) is 6.45. The predicted octanol–water partition coefficient (Wildman–Crippen LogP) is 2.45. The first-order valence-corrected chi connectivity index (χ1v) is 8.65. The normalized spacial score (nSPS) is 18.2. The molecule has 0 radical (unpaired) electrons. The lowest BCUT2D eigenvalue weighted by Crippen LogP contribution is -2.44. The van der Waals surface area contributed by atoms with Gasteiger partial charge in [-0.25, -0.2) is 9.97 Å². The summed E-state index contributed by atoms with van der Waals surface area (Å²) >= 11 is 0. The molecule has 27 heavy (non-hydrogen) atoms. The molecule has 4 rings (SSSR count). The van der Waals surface area contributed by atoms with Gasteiger partial charge in [-0.3, -0.25) is 0 Å². The quantitative estimate of drug-likeness (QED) is 0.635. The van der Waals surface area contributed by atoms with Crippen LogP contribution in [0.5, 0.6) is 0 Å². The summed E-state index contributed by atoms with van der Waals surface area (Å²) in [5, 5.41) is 24.1. The summed E-state index contributed by atoms with van der Waals surface area (Å²) in [4.78, 5) is 8.15. The van der Waals surface area contributed by atoms with Crippen LogP contribution in [0.4, 0.5) is 17.3 Å². The lowest BCUT2D eigenvalue weighted by atomic mass is 9.87. The highest BCUT2D eigenvalue weighted by Crippen LogP contribution is 2.31. The molecule has 1 fully saturated rings. The Morgan fingerprint density at radius 1 is 1.04 bits per heavy atom. The zero-order valence-corrected chi connectivity index (χ0v) is 14.5. The summed E-state index contributed by atoms with van der Waals surface area (Å²) in [5.74, 6) is 1.03. The van der Waals surface area contributed by atoms with Crippen LogP contribution in [0.2, 0.25) is 0 Å². The number of nitriles is 1. The van der Waals surface area contributed by atoms with Crippen molar-refractivity contribution in [3.05, 3.63) is 54.5 Å². The first kappa shape index (κ1) is 16.9. The van der Waals surface area contributed by atoms with Crippen molar-refractivity contribution >= 4 is 17.3 Å². The molecule has 0 atom stereocenters. The minimum Gasteiger partial charge on any atom is -0.380 e. The summed E-state index contributed by atoms with van der Waals surface area (Å²) in [5.41, 5.74) is 8.83. The van der Waals surface area contributed by atoms with Gasteiger partial charge in [-0.05, 0) is 12.8 Å². The van der Waals surface area contributed by atoms with Crippen LogP contribution in [-0.4, -0.2) is 32.2 Å². The molecular weight excluding hydrogens is 340 g/mol. The summed E-state index contributed by atoms with van der Waals surface area (Å²) < 4.78 is 0. The van der Waals surface area contributed by atoms with E-state index in [2.05, 4.69) is 30.8 Å². The highest BCUT2D eigenvalue weighted by Gasteiger charge is 2.26. The Kier molecular flexibility index (Phi) is 4.60. The lowest BCUT2D eigenvalue weighted by molar-refractivity contribution is 0.373. The maximum Gasteiger partial charge on any atom is 0.158 e. The maximum atomic E-state index is 8.81. The number of anilines is 3. The second-order valence-electron chi connectivity index (χ2n) is 6.45. The van der Waals surface area contributed by atoms with Gasteiger partial charge in [0.25, 0.3) is 0 Å². The summed E-state index contributed by atoms with van der Waals surface area (Å²) in [7, 11) is 0. The van der Waals surface area contributed by atoms with Gasteiger partial charge < -0.3 is 16.4 Å². The SMILES string of the molecule is N#Cc1cnc(Nc2cc(NC3CC(N)C3)c(-c3ccccc3)nn2)cn1. The van der Waals surface area contributed by atoms with Gasteiger partial charge in [-0.2, -0.15) is 5.26 Å². The van der Waals surface area contributed by atoms with Gasteiger partial charge in [0.2, 0.25) is 0 Å². The van der Waals surface area contributed by atoms with Crippen LogP contribution in [0, 0.1) is 11.3 Å². The van der Waals surface area contributed by atoms with E-state index >= 15 is 0 Å². The largest absolute Gasteiger partial charge is 0.380 e. The molecule has 2 aromatic heterocycles. The minimum absolute atomic E-state index is 0.254. The Morgan fingerprint density at radius 3 is 2.52 bits per heavy atom. The molecule has 8 nitrogen and oxygen atoms in total. The highest BCUT2D eigenvalue weighted by molar-refractivity contribution is 5.76. The Balaban J connectivity index is 1.62. The third-order valence-electron chi connectivity index (χ3n) is 4.40. The molecule has 0 bridgehead atoms. The molecule has 4 N–H and O–H groups in total. The van der Waals surface area contributed by atoms with Crippen molar-refractivity contribution in [1.29, 1.82) is 5.26 Å². The van der Waals surface area contributed by atoms with E-state index in [9.17, 15) is 0 Å². The third-order valence-corrected chi connectivity index (χ3v) is 4.40. The summed E-state index contributed by atoms with van der Waals surface area (Å²) in [6.07, 6.45) is 4.76. The van der Waals surface area contributed by atoms with E-state index in [-0.39, 0.29) is 11.7 Å².